The maximum Gasteiger partial charge on any atom is 0.161 e. The molecule has 0 bridgehead atoms. The van der Waals surface area contributed by atoms with Crippen molar-refractivity contribution in [3.8, 4) is 5.82 Å². The molecule has 3 heterocycles. The second-order valence-electron chi connectivity index (χ2n) is 4.42. The van der Waals surface area contributed by atoms with Gasteiger partial charge in [0.1, 0.15) is 5.82 Å². The summed E-state index contributed by atoms with van der Waals surface area (Å²) in [6.45, 7) is 2.58. The van der Waals surface area contributed by atoms with Crippen molar-refractivity contribution in [1.29, 1.82) is 0 Å². The molecule has 7 nitrogen and oxygen atoms in total. The number of aromatic nitrogens is 6. The van der Waals surface area contributed by atoms with E-state index in [1.807, 2.05) is 36.9 Å². The summed E-state index contributed by atoms with van der Waals surface area (Å²) in [5.74, 6) is 1.73. The van der Waals surface area contributed by atoms with Gasteiger partial charge in [-0.3, -0.25) is 9.25 Å². The Morgan fingerprint density at radius 3 is 2.85 bits per heavy atom. The van der Waals surface area contributed by atoms with Crippen LogP contribution < -0.4 is 5.32 Å². The Morgan fingerprint density at radius 2 is 2.15 bits per heavy atom. The highest BCUT2D eigenvalue weighted by molar-refractivity contribution is 5.57. The molecular formula is C13H15N7. The topological polar surface area (TPSA) is 73.5 Å². The van der Waals surface area contributed by atoms with Crippen LogP contribution in [0.15, 0.2) is 36.9 Å². The molecule has 7 heteroatoms. The van der Waals surface area contributed by atoms with Gasteiger partial charge in [0, 0.05) is 25.6 Å². The molecule has 102 valence electrons. The number of rotatable bonds is 4. The Hall–Kier alpha value is -2.70. The molecule has 0 radical (unpaired) electrons. The lowest BCUT2D eigenvalue weighted by molar-refractivity contribution is 0.683. The van der Waals surface area contributed by atoms with E-state index in [-0.39, 0.29) is 0 Å². The Bertz CT molecular complexity index is 713. The average molecular weight is 269 g/mol. The standard InChI is InChI=1S/C13H15N7/c1-10-14-6-7-20(10)13-12(4-3-5-15-13)16-8-11-9-17-18-19(11)2/h3-7,9,16H,8H2,1-2H3. The van der Waals surface area contributed by atoms with E-state index >= 15 is 0 Å². The molecule has 0 aliphatic heterocycles. The Kier molecular flexibility index (Phi) is 3.16. The Balaban J connectivity index is 1.87. The fraction of sp³-hybridized carbons (Fsp3) is 0.231. The number of hydrogen-bond donors (Lipinski definition) is 1. The van der Waals surface area contributed by atoms with E-state index < -0.39 is 0 Å². The molecule has 0 amide bonds. The van der Waals surface area contributed by atoms with Crippen molar-refractivity contribution in [3.63, 3.8) is 0 Å². The molecule has 0 saturated heterocycles. The number of nitrogens with zero attached hydrogens (tertiary/aromatic N) is 6. The fourth-order valence-electron chi connectivity index (χ4n) is 1.99. The molecule has 3 rings (SSSR count). The van der Waals surface area contributed by atoms with Crippen molar-refractivity contribution in [3.05, 3.63) is 48.4 Å². The zero-order valence-corrected chi connectivity index (χ0v) is 11.4. The van der Waals surface area contributed by atoms with Crippen molar-refractivity contribution in [1.82, 2.24) is 29.5 Å². The van der Waals surface area contributed by atoms with E-state index in [9.17, 15) is 0 Å². The van der Waals surface area contributed by atoms with Crippen molar-refractivity contribution in [2.75, 3.05) is 5.32 Å². The first-order valence-electron chi connectivity index (χ1n) is 6.28. The minimum Gasteiger partial charge on any atom is -0.376 e. The zero-order valence-electron chi connectivity index (χ0n) is 11.4. The fourth-order valence-corrected chi connectivity index (χ4v) is 1.99. The third-order valence-corrected chi connectivity index (χ3v) is 3.11. The molecule has 0 spiro atoms. The van der Waals surface area contributed by atoms with Gasteiger partial charge < -0.3 is 5.32 Å². The van der Waals surface area contributed by atoms with E-state index in [2.05, 4.69) is 25.6 Å². The molecule has 0 atom stereocenters. The normalized spacial score (nSPS) is 10.7. The first kappa shape index (κ1) is 12.3. The Morgan fingerprint density at radius 1 is 1.25 bits per heavy atom. The second-order valence-corrected chi connectivity index (χ2v) is 4.42. The lowest BCUT2D eigenvalue weighted by atomic mass is 10.3. The molecule has 0 unspecified atom stereocenters. The number of imidazole rings is 1. The molecule has 0 saturated carbocycles. The predicted molar refractivity (Wildman–Crippen MR) is 74.4 cm³/mol. The minimum absolute atomic E-state index is 0.635. The van der Waals surface area contributed by atoms with Crippen LogP contribution in [-0.2, 0) is 13.6 Å². The monoisotopic (exact) mass is 269 g/mol. The number of hydrogen-bond acceptors (Lipinski definition) is 5. The van der Waals surface area contributed by atoms with Crippen molar-refractivity contribution < 1.29 is 0 Å². The van der Waals surface area contributed by atoms with Gasteiger partial charge in [-0.1, -0.05) is 5.21 Å². The number of nitrogens with one attached hydrogen (secondary N) is 1. The van der Waals surface area contributed by atoms with E-state index in [1.54, 1.807) is 23.3 Å². The van der Waals surface area contributed by atoms with Crippen LogP contribution in [0.1, 0.15) is 11.5 Å². The van der Waals surface area contributed by atoms with Crippen LogP contribution in [0, 0.1) is 6.92 Å². The van der Waals surface area contributed by atoms with Gasteiger partial charge in [-0.25, -0.2) is 9.97 Å². The van der Waals surface area contributed by atoms with Crippen LogP contribution in [0.4, 0.5) is 5.69 Å². The highest BCUT2D eigenvalue weighted by Gasteiger charge is 2.08. The highest BCUT2D eigenvalue weighted by atomic mass is 15.4. The molecule has 3 aromatic heterocycles. The third kappa shape index (κ3) is 2.25. The molecule has 20 heavy (non-hydrogen) atoms. The smallest absolute Gasteiger partial charge is 0.161 e. The van der Waals surface area contributed by atoms with Crippen LogP contribution in [0.3, 0.4) is 0 Å². The predicted octanol–water partition coefficient (Wildman–Crippen LogP) is 1.32. The molecule has 3 aromatic rings. The van der Waals surface area contributed by atoms with Gasteiger partial charge in [-0.15, -0.1) is 5.10 Å². The van der Waals surface area contributed by atoms with Crippen LogP contribution in [0.2, 0.25) is 0 Å². The van der Waals surface area contributed by atoms with Gasteiger partial charge in [0.15, 0.2) is 5.82 Å². The summed E-state index contributed by atoms with van der Waals surface area (Å²) < 4.78 is 3.69. The summed E-state index contributed by atoms with van der Waals surface area (Å²) in [4.78, 5) is 8.66. The number of anilines is 1. The van der Waals surface area contributed by atoms with Gasteiger partial charge in [0.2, 0.25) is 0 Å². The van der Waals surface area contributed by atoms with E-state index in [1.165, 1.54) is 0 Å². The molecular weight excluding hydrogens is 254 g/mol. The largest absolute Gasteiger partial charge is 0.376 e. The summed E-state index contributed by atoms with van der Waals surface area (Å²) in [6.07, 6.45) is 7.17. The van der Waals surface area contributed by atoms with Gasteiger partial charge >= 0.3 is 0 Å². The summed E-state index contributed by atoms with van der Waals surface area (Å²) in [6, 6.07) is 3.89. The molecule has 1 N–H and O–H groups in total. The maximum absolute atomic E-state index is 4.43. The van der Waals surface area contributed by atoms with Crippen molar-refractivity contribution in [2.24, 2.45) is 7.05 Å². The summed E-state index contributed by atoms with van der Waals surface area (Å²) in [7, 11) is 1.87. The first-order valence-corrected chi connectivity index (χ1v) is 6.28. The van der Waals surface area contributed by atoms with Crippen LogP contribution in [0.25, 0.3) is 5.82 Å². The summed E-state index contributed by atoms with van der Waals surface area (Å²) >= 11 is 0. The summed E-state index contributed by atoms with van der Waals surface area (Å²) in [5, 5.41) is 11.1. The van der Waals surface area contributed by atoms with E-state index in [4.69, 9.17) is 0 Å². The molecule has 0 aliphatic carbocycles. The van der Waals surface area contributed by atoms with Crippen LogP contribution in [-0.4, -0.2) is 29.5 Å². The quantitative estimate of drug-likeness (QED) is 0.773. The van der Waals surface area contributed by atoms with Gasteiger partial charge in [0.05, 0.1) is 24.1 Å². The van der Waals surface area contributed by atoms with Crippen LogP contribution >= 0.6 is 0 Å². The Labute approximate surface area is 116 Å². The average Bonchev–Trinajstić information content (AvgIpc) is 3.06. The van der Waals surface area contributed by atoms with E-state index in [0.717, 1.165) is 23.0 Å². The van der Waals surface area contributed by atoms with Crippen LogP contribution in [0.5, 0.6) is 0 Å². The third-order valence-electron chi connectivity index (χ3n) is 3.11. The van der Waals surface area contributed by atoms with Gasteiger partial charge in [-0.05, 0) is 19.1 Å². The van der Waals surface area contributed by atoms with Gasteiger partial charge in [0.25, 0.3) is 0 Å². The zero-order chi connectivity index (χ0) is 13.9. The lowest BCUT2D eigenvalue weighted by Gasteiger charge is -2.12. The summed E-state index contributed by atoms with van der Waals surface area (Å²) in [5.41, 5.74) is 1.94. The van der Waals surface area contributed by atoms with Crippen molar-refractivity contribution in [2.45, 2.75) is 13.5 Å². The maximum atomic E-state index is 4.43. The second kappa shape index (κ2) is 5.12. The molecule has 0 aromatic carbocycles. The molecule has 0 fully saturated rings. The number of aryl methyl sites for hydroxylation is 2. The number of pyridine rings is 1. The molecule has 0 aliphatic rings. The SMILES string of the molecule is Cc1nccn1-c1ncccc1NCc1cnnn1C. The van der Waals surface area contributed by atoms with Crippen molar-refractivity contribution >= 4 is 5.69 Å². The highest BCUT2D eigenvalue weighted by Crippen LogP contribution is 2.19. The van der Waals surface area contributed by atoms with E-state index in [0.29, 0.717) is 6.54 Å². The first-order chi connectivity index (χ1) is 9.75. The minimum atomic E-state index is 0.635. The lowest BCUT2D eigenvalue weighted by Crippen LogP contribution is -2.09. The van der Waals surface area contributed by atoms with Gasteiger partial charge in [-0.2, -0.15) is 0 Å².